The van der Waals surface area contributed by atoms with E-state index in [1.165, 1.54) is 19.6 Å². The van der Waals surface area contributed by atoms with E-state index in [0.29, 0.717) is 18.4 Å². The number of fused-ring (bicyclic) bond motifs is 2. The molecule has 1 aromatic heterocycles. The molecule has 2 bridgehead atoms. The fourth-order valence-electron chi connectivity index (χ4n) is 10.6. The highest BCUT2D eigenvalue weighted by Crippen LogP contribution is 2.88. The Bertz CT molecular complexity index is 1240. The van der Waals surface area contributed by atoms with Crippen LogP contribution in [0.15, 0.2) is 23.0 Å². The molecule has 6 aliphatic rings. The zero-order chi connectivity index (χ0) is 26.6. The number of cyclic esters (lactones) is 1. The van der Waals surface area contributed by atoms with Gasteiger partial charge in [0, 0.05) is 33.6 Å². The van der Waals surface area contributed by atoms with Gasteiger partial charge in [-0.05, 0) is 25.3 Å². The number of aliphatic hydroxyl groups excluding tert-OH is 2. The Kier molecular flexibility index (Phi) is 4.17. The largest absolute Gasteiger partial charge is 0.472 e. The number of epoxide rings is 1. The zero-order valence-corrected chi connectivity index (χ0v) is 21.2. The highest BCUT2D eigenvalue weighted by Gasteiger charge is 2.99. The Morgan fingerprint density at radius 1 is 1.24 bits per heavy atom. The topological polar surface area (TPSA) is 156 Å². The number of hydrogen-bond donors (Lipinski definition) is 3. The average molecular weight is 517 g/mol. The van der Waals surface area contributed by atoms with E-state index in [1.807, 2.05) is 6.92 Å². The molecule has 10 heteroatoms. The van der Waals surface area contributed by atoms with Gasteiger partial charge in [-0.25, -0.2) is 4.79 Å². The Morgan fingerprint density at radius 2 is 1.97 bits per heavy atom. The third-order valence-corrected chi connectivity index (χ3v) is 11.9. The second-order valence-corrected chi connectivity index (χ2v) is 12.9. The van der Waals surface area contributed by atoms with Gasteiger partial charge in [0.1, 0.15) is 23.4 Å². The highest BCUT2D eigenvalue weighted by atomic mass is 16.7. The van der Waals surface area contributed by atoms with E-state index >= 15 is 0 Å². The summed E-state index contributed by atoms with van der Waals surface area (Å²) in [6.45, 7) is 5.44. The van der Waals surface area contributed by atoms with Gasteiger partial charge in [-0.2, -0.15) is 0 Å². The standard InChI is InChI=1S/C27H32O10/c1-22-11-25(33)18(15(29)19(22)31)27-13(24(25,3)17(22)16(30)21(32)34-4)5-7-23(2)20(12-6-8-35-10-12)36-14(28)9-26(23,27)37-27/h6,8,10,13,16-20,30-31,33H,5,7,9,11H2,1-4H3/t13-,16-,17+,18+,19-,20-,22+,23+,24-,25+,26+,27+/m1/s1. The lowest BCUT2D eigenvalue weighted by atomic mass is 9.48. The molecule has 1 aromatic rings. The molecule has 12 atom stereocenters. The average Bonchev–Trinajstić information content (AvgIpc) is 3.11. The van der Waals surface area contributed by atoms with E-state index in [0.717, 1.165) is 0 Å². The third kappa shape index (κ3) is 2.11. The maximum Gasteiger partial charge on any atom is 0.335 e. The number of ether oxygens (including phenoxy) is 3. The Hall–Kier alpha value is -2.27. The highest BCUT2D eigenvalue weighted by molar-refractivity contribution is 5.93. The predicted octanol–water partition coefficient (Wildman–Crippen LogP) is 1.06. The fourth-order valence-corrected chi connectivity index (χ4v) is 10.6. The van der Waals surface area contributed by atoms with Crippen molar-refractivity contribution < 1.29 is 48.3 Å². The van der Waals surface area contributed by atoms with Gasteiger partial charge in [0.25, 0.3) is 0 Å². The number of carbonyl (C=O) groups excluding carboxylic acids is 3. The maximum absolute atomic E-state index is 14.0. The zero-order valence-electron chi connectivity index (χ0n) is 21.2. The number of hydrogen-bond acceptors (Lipinski definition) is 10. The minimum absolute atomic E-state index is 0.0107. The second-order valence-electron chi connectivity index (χ2n) is 12.9. The summed E-state index contributed by atoms with van der Waals surface area (Å²) >= 11 is 0. The lowest BCUT2D eigenvalue weighted by Gasteiger charge is -2.54. The van der Waals surface area contributed by atoms with Crippen LogP contribution in [-0.4, -0.2) is 69.2 Å². The number of furan rings is 1. The van der Waals surface area contributed by atoms with E-state index < -0.39 is 86.8 Å². The van der Waals surface area contributed by atoms with E-state index in [-0.39, 0.29) is 12.8 Å². The molecule has 0 amide bonds. The van der Waals surface area contributed by atoms with Gasteiger partial charge >= 0.3 is 11.9 Å². The lowest BCUT2D eigenvalue weighted by Crippen LogP contribution is -2.64. The van der Waals surface area contributed by atoms with Crippen molar-refractivity contribution in [2.75, 3.05) is 7.11 Å². The van der Waals surface area contributed by atoms with E-state index in [1.54, 1.807) is 19.9 Å². The number of rotatable bonds is 3. The molecule has 4 saturated carbocycles. The molecule has 0 aromatic carbocycles. The first kappa shape index (κ1) is 23.8. The first-order chi connectivity index (χ1) is 17.3. The Balaban J connectivity index is 1.45. The van der Waals surface area contributed by atoms with Crippen LogP contribution in [0, 0.1) is 34.0 Å². The van der Waals surface area contributed by atoms with Crippen molar-refractivity contribution in [3.05, 3.63) is 24.2 Å². The molecule has 7 rings (SSSR count). The first-order valence-electron chi connectivity index (χ1n) is 12.9. The quantitative estimate of drug-likeness (QED) is 0.392. The van der Waals surface area contributed by atoms with Crippen LogP contribution in [0.4, 0.5) is 0 Å². The van der Waals surface area contributed by atoms with Crippen molar-refractivity contribution in [3.8, 4) is 0 Å². The van der Waals surface area contributed by atoms with E-state index in [9.17, 15) is 29.7 Å². The van der Waals surface area contributed by atoms with Crippen LogP contribution in [0.3, 0.4) is 0 Å². The summed E-state index contributed by atoms with van der Waals surface area (Å²) in [7, 11) is 1.17. The molecule has 37 heavy (non-hydrogen) atoms. The van der Waals surface area contributed by atoms with Crippen molar-refractivity contribution in [3.63, 3.8) is 0 Å². The second kappa shape index (κ2) is 6.47. The number of esters is 2. The third-order valence-electron chi connectivity index (χ3n) is 11.9. The Morgan fingerprint density at radius 3 is 2.62 bits per heavy atom. The number of aliphatic hydroxyl groups is 3. The Labute approximate surface area is 213 Å². The summed E-state index contributed by atoms with van der Waals surface area (Å²) in [4.78, 5) is 39.8. The summed E-state index contributed by atoms with van der Waals surface area (Å²) in [5.74, 6) is -4.48. The number of Topliss-reactive ketones (excluding diaryl/α,β-unsaturated/α-hetero) is 1. The SMILES string of the molecule is COC(=O)[C@H](O)[C@H]1[C@]2(C)C[C@]3(O)[C@H](C(=O)[C@H]2O)[C@]24O[C@]25CC(=O)O[C@H](c2ccoc2)[C@]5(C)CC[C@@H]4[C@]13C. The van der Waals surface area contributed by atoms with Gasteiger partial charge < -0.3 is 33.9 Å². The molecule has 10 nitrogen and oxygen atoms in total. The monoisotopic (exact) mass is 516 g/mol. The summed E-state index contributed by atoms with van der Waals surface area (Å²) in [6.07, 6.45) is 0.133. The van der Waals surface area contributed by atoms with Crippen LogP contribution in [0.5, 0.6) is 0 Å². The van der Waals surface area contributed by atoms with E-state index in [2.05, 4.69) is 0 Å². The smallest absolute Gasteiger partial charge is 0.335 e. The maximum atomic E-state index is 14.0. The molecular weight excluding hydrogens is 484 g/mol. The molecule has 2 aliphatic heterocycles. The summed E-state index contributed by atoms with van der Waals surface area (Å²) in [5, 5.41) is 35.2. The number of carbonyl (C=O) groups is 3. The van der Waals surface area contributed by atoms with Crippen LogP contribution >= 0.6 is 0 Å². The van der Waals surface area contributed by atoms with Gasteiger partial charge in [-0.15, -0.1) is 0 Å². The molecular formula is C27H32O10. The van der Waals surface area contributed by atoms with E-state index in [4.69, 9.17) is 18.6 Å². The van der Waals surface area contributed by atoms with Crippen molar-refractivity contribution >= 4 is 17.7 Å². The van der Waals surface area contributed by atoms with Crippen molar-refractivity contribution in [1.82, 2.24) is 0 Å². The van der Waals surface area contributed by atoms with Crippen LogP contribution in [0.1, 0.15) is 58.1 Å². The van der Waals surface area contributed by atoms with Gasteiger partial charge in [-0.3, -0.25) is 9.59 Å². The van der Waals surface area contributed by atoms with Gasteiger partial charge in [0.05, 0.1) is 37.6 Å². The molecule has 200 valence electrons. The fraction of sp³-hybridized carbons (Fsp3) is 0.741. The van der Waals surface area contributed by atoms with Crippen LogP contribution in [0.2, 0.25) is 0 Å². The molecule has 6 fully saturated rings. The van der Waals surface area contributed by atoms with Gasteiger partial charge in [0.2, 0.25) is 0 Å². The first-order valence-corrected chi connectivity index (χ1v) is 12.9. The minimum Gasteiger partial charge on any atom is -0.472 e. The number of ketones is 1. The predicted molar refractivity (Wildman–Crippen MR) is 121 cm³/mol. The van der Waals surface area contributed by atoms with Crippen LogP contribution in [-0.2, 0) is 28.6 Å². The molecule has 2 saturated heterocycles. The van der Waals surface area contributed by atoms with Gasteiger partial charge in [0.15, 0.2) is 11.9 Å². The summed E-state index contributed by atoms with van der Waals surface area (Å²) in [5.41, 5.74) is -6.52. The van der Waals surface area contributed by atoms with Crippen molar-refractivity contribution in [2.45, 2.75) is 81.6 Å². The minimum atomic E-state index is -1.66. The molecule has 3 N–H and O–H groups in total. The molecule has 2 spiro atoms. The lowest BCUT2D eigenvalue weighted by molar-refractivity contribution is -0.185. The normalized spacial score (nSPS) is 55.6. The van der Waals surface area contributed by atoms with Crippen molar-refractivity contribution in [2.24, 2.45) is 34.0 Å². The van der Waals surface area contributed by atoms with Gasteiger partial charge in [-0.1, -0.05) is 20.8 Å². The number of methoxy groups -OCH3 is 1. The molecule has 0 radical (unpaired) electrons. The molecule has 3 heterocycles. The molecule has 4 aliphatic carbocycles. The summed E-state index contributed by atoms with van der Waals surface area (Å²) < 4.78 is 22.7. The van der Waals surface area contributed by atoms with Crippen LogP contribution in [0.25, 0.3) is 0 Å². The molecule has 0 unspecified atom stereocenters. The summed E-state index contributed by atoms with van der Waals surface area (Å²) in [6, 6.07) is 1.74. The van der Waals surface area contributed by atoms with Crippen molar-refractivity contribution in [1.29, 1.82) is 0 Å². The van der Waals surface area contributed by atoms with Crippen LogP contribution < -0.4 is 0 Å².